The number of aromatic hydroxyl groups is 1. The molecular formula is C25H18Cl2N2O3. The number of nitrogens with one attached hydrogen (secondary N) is 1. The minimum Gasteiger partial charge on any atom is -0.507 e. The minimum atomic E-state index is -0.496. The van der Waals surface area contributed by atoms with Crippen molar-refractivity contribution in [2.45, 2.75) is 6.61 Å². The molecule has 0 aliphatic carbocycles. The average molecular weight is 465 g/mol. The van der Waals surface area contributed by atoms with E-state index in [1.54, 1.807) is 36.4 Å². The van der Waals surface area contributed by atoms with Crippen molar-refractivity contribution < 1.29 is 14.6 Å². The molecule has 0 aliphatic rings. The van der Waals surface area contributed by atoms with E-state index >= 15 is 0 Å². The maximum Gasteiger partial charge on any atom is 0.275 e. The van der Waals surface area contributed by atoms with Crippen LogP contribution in [0.15, 0.2) is 84.0 Å². The topological polar surface area (TPSA) is 70.9 Å². The van der Waals surface area contributed by atoms with Crippen molar-refractivity contribution in [2.24, 2.45) is 5.10 Å². The molecule has 0 fully saturated rings. The Kier molecular flexibility index (Phi) is 6.59. The predicted octanol–water partition coefficient (Wildman–Crippen LogP) is 6.20. The molecule has 32 heavy (non-hydrogen) atoms. The van der Waals surface area contributed by atoms with E-state index in [0.29, 0.717) is 22.4 Å². The SMILES string of the molecule is O=C(NN=Cc1ccc(OCc2ccc(Cl)cc2Cl)cc1)c1cc2ccccc2cc1O. The van der Waals surface area contributed by atoms with Gasteiger partial charge in [0.2, 0.25) is 0 Å². The first-order chi connectivity index (χ1) is 15.5. The highest BCUT2D eigenvalue weighted by atomic mass is 35.5. The van der Waals surface area contributed by atoms with Gasteiger partial charge in [0.05, 0.1) is 11.8 Å². The van der Waals surface area contributed by atoms with Gasteiger partial charge in [0.15, 0.2) is 0 Å². The first kappa shape index (κ1) is 21.7. The summed E-state index contributed by atoms with van der Waals surface area (Å²) < 4.78 is 5.75. The first-order valence-corrected chi connectivity index (χ1v) is 10.5. The number of hydrogen-bond donors (Lipinski definition) is 2. The lowest BCUT2D eigenvalue weighted by molar-refractivity contribution is 0.0952. The lowest BCUT2D eigenvalue weighted by Crippen LogP contribution is -2.17. The van der Waals surface area contributed by atoms with Gasteiger partial charge in [-0.15, -0.1) is 0 Å². The summed E-state index contributed by atoms with van der Waals surface area (Å²) in [7, 11) is 0. The van der Waals surface area contributed by atoms with Crippen molar-refractivity contribution in [3.8, 4) is 11.5 Å². The zero-order chi connectivity index (χ0) is 22.5. The average Bonchev–Trinajstić information content (AvgIpc) is 2.79. The molecular weight excluding hydrogens is 447 g/mol. The highest BCUT2D eigenvalue weighted by molar-refractivity contribution is 6.35. The number of hydrogen-bond acceptors (Lipinski definition) is 4. The van der Waals surface area contributed by atoms with Gasteiger partial charge in [0.1, 0.15) is 18.1 Å². The summed E-state index contributed by atoms with van der Waals surface area (Å²) in [6, 6.07) is 23.1. The second-order valence-corrected chi connectivity index (χ2v) is 7.85. The van der Waals surface area contributed by atoms with E-state index in [-0.39, 0.29) is 11.3 Å². The Labute approximate surface area is 194 Å². The molecule has 7 heteroatoms. The molecule has 0 bridgehead atoms. The van der Waals surface area contributed by atoms with Crippen LogP contribution in [0, 0.1) is 0 Å². The lowest BCUT2D eigenvalue weighted by Gasteiger charge is -2.08. The molecule has 5 nitrogen and oxygen atoms in total. The Morgan fingerprint density at radius 1 is 0.969 bits per heavy atom. The second kappa shape index (κ2) is 9.73. The van der Waals surface area contributed by atoms with Crippen molar-refractivity contribution in [2.75, 3.05) is 0 Å². The van der Waals surface area contributed by atoms with Crippen LogP contribution in [-0.2, 0) is 6.61 Å². The number of fused-ring (bicyclic) bond motifs is 1. The van der Waals surface area contributed by atoms with E-state index in [0.717, 1.165) is 21.9 Å². The van der Waals surface area contributed by atoms with Crippen LogP contribution >= 0.6 is 23.2 Å². The summed E-state index contributed by atoms with van der Waals surface area (Å²) in [6.45, 7) is 0.314. The third-order valence-electron chi connectivity index (χ3n) is 4.78. The summed E-state index contributed by atoms with van der Waals surface area (Å²) in [5.41, 5.74) is 4.20. The number of phenols is 1. The van der Waals surface area contributed by atoms with Crippen LogP contribution in [-0.4, -0.2) is 17.2 Å². The van der Waals surface area contributed by atoms with Gasteiger partial charge in [-0.05, 0) is 64.9 Å². The molecule has 2 N–H and O–H groups in total. The molecule has 160 valence electrons. The maximum atomic E-state index is 12.4. The molecule has 0 saturated carbocycles. The van der Waals surface area contributed by atoms with E-state index < -0.39 is 5.91 Å². The standard InChI is InChI=1S/C25H18Cl2N2O3/c26-20-8-7-19(23(27)13-20)15-32-21-9-5-16(6-10-21)14-28-29-25(31)22-11-17-3-1-2-4-18(17)12-24(22)30/h1-14,30H,15H2,(H,29,31). The highest BCUT2D eigenvalue weighted by Gasteiger charge is 2.11. The van der Waals surface area contributed by atoms with Crippen LogP contribution < -0.4 is 10.2 Å². The highest BCUT2D eigenvalue weighted by Crippen LogP contribution is 2.25. The predicted molar refractivity (Wildman–Crippen MR) is 128 cm³/mol. The van der Waals surface area contributed by atoms with Crippen LogP contribution in [0.25, 0.3) is 10.8 Å². The summed E-state index contributed by atoms with van der Waals surface area (Å²) in [6.07, 6.45) is 1.51. The van der Waals surface area contributed by atoms with Gasteiger partial charge >= 0.3 is 0 Å². The number of hydrazone groups is 1. The number of ether oxygens (including phenoxy) is 1. The summed E-state index contributed by atoms with van der Waals surface area (Å²) in [5, 5.41) is 17.0. The summed E-state index contributed by atoms with van der Waals surface area (Å²) in [4.78, 5) is 12.4. The molecule has 0 aromatic heterocycles. The quantitative estimate of drug-likeness (QED) is 0.263. The van der Waals surface area contributed by atoms with Crippen LogP contribution in [0.4, 0.5) is 0 Å². The molecule has 0 heterocycles. The van der Waals surface area contributed by atoms with Crippen LogP contribution in [0.1, 0.15) is 21.5 Å². The fourth-order valence-electron chi connectivity index (χ4n) is 3.09. The Hall–Kier alpha value is -3.54. The Morgan fingerprint density at radius 3 is 2.41 bits per heavy atom. The minimum absolute atomic E-state index is 0.0984. The van der Waals surface area contributed by atoms with Crippen molar-refractivity contribution in [1.29, 1.82) is 0 Å². The molecule has 0 unspecified atom stereocenters. The summed E-state index contributed by atoms with van der Waals surface area (Å²) in [5.74, 6) is 0.0706. The Bertz CT molecular complexity index is 1300. The zero-order valence-corrected chi connectivity index (χ0v) is 18.3. The van der Waals surface area contributed by atoms with Crippen molar-refractivity contribution in [3.05, 3.63) is 106 Å². The lowest BCUT2D eigenvalue weighted by atomic mass is 10.1. The normalized spacial score (nSPS) is 11.1. The van der Waals surface area contributed by atoms with Gasteiger partial charge in [-0.3, -0.25) is 4.79 Å². The molecule has 0 spiro atoms. The second-order valence-electron chi connectivity index (χ2n) is 7.01. The number of carbonyl (C=O) groups is 1. The largest absolute Gasteiger partial charge is 0.507 e. The van der Waals surface area contributed by atoms with Gasteiger partial charge in [0, 0.05) is 15.6 Å². The van der Waals surface area contributed by atoms with E-state index in [1.165, 1.54) is 6.21 Å². The molecule has 0 atom stereocenters. The van der Waals surface area contributed by atoms with E-state index in [1.807, 2.05) is 42.5 Å². The number of phenolic OH excluding ortho intramolecular Hbond substituents is 1. The molecule has 4 rings (SSSR count). The number of amides is 1. The number of halogens is 2. The maximum absolute atomic E-state index is 12.4. The van der Waals surface area contributed by atoms with E-state index in [2.05, 4.69) is 10.5 Å². The first-order valence-electron chi connectivity index (χ1n) is 9.71. The van der Waals surface area contributed by atoms with Crippen LogP contribution in [0.2, 0.25) is 10.0 Å². The van der Waals surface area contributed by atoms with E-state index in [9.17, 15) is 9.90 Å². The number of benzene rings is 4. The fourth-order valence-corrected chi connectivity index (χ4v) is 3.55. The summed E-state index contributed by atoms with van der Waals surface area (Å²) >= 11 is 12.1. The van der Waals surface area contributed by atoms with Gasteiger partial charge in [-0.1, -0.05) is 53.5 Å². The van der Waals surface area contributed by atoms with Gasteiger partial charge in [0.25, 0.3) is 5.91 Å². The van der Waals surface area contributed by atoms with Crippen molar-refractivity contribution in [1.82, 2.24) is 5.43 Å². The number of rotatable bonds is 6. The number of carbonyl (C=O) groups excluding carboxylic acids is 1. The molecule has 4 aromatic rings. The number of nitrogens with zero attached hydrogens (tertiary/aromatic N) is 1. The van der Waals surface area contributed by atoms with Crippen LogP contribution in [0.5, 0.6) is 11.5 Å². The Morgan fingerprint density at radius 2 is 1.69 bits per heavy atom. The third kappa shape index (κ3) is 5.19. The third-order valence-corrected chi connectivity index (χ3v) is 5.36. The molecule has 1 amide bonds. The van der Waals surface area contributed by atoms with E-state index in [4.69, 9.17) is 27.9 Å². The van der Waals surface area contributed by atoms with Crippen LogP contribution in [0.3, 0.4) is 0 Å². The molecule has 0 saturated heterocycles. The van der Waals surface area contributed by atoms with Gasteiger partial charge < -0.3 is 9.84 Å². The molecule has 0 radical (unpaired) electrons. The van der Waals surface area contributed by atoms with Gasteiger partial charge in [-0.2, -0.15) is 5.10 Å². The smallest absolute Gasteiger partial charge is 0.275 e. The molecule has 4 aromatic carbocycles. The monoisotopic (exact) mass is 464 g/mol. The Balaban J connectivity index is 1.35. The zero-order valence-electron chi connectivity index (χ0n) is 16.8. The fraction of sp³-hybridized carbons (Fsp3) is 0.0400. The van der Waals surface area contributed by atoms with Crippen molar-refractivity contribution >= 4 is 46.1 Å². The van der Waals surface area contributed by atoms with Crippen molar-refractivity contribution in [3.63, 3.8) is 0 Å². The van der Waals surface area contributed by atoms with Gasteiger partial charge in [-0.25, -0.2) is 5.43 Å². The molecule has 0 aliphatic heterocycles.